The van der Waals surface area contributed by atoms with E-state index in [0.29, 0.717) is 12.6 Å². The maximum atomic E-state index is 8.70. The van der Waals surface area contributed by atoms with Gasteiger partial charge >= 0.3 is 0 Å². The lowest BCUT2D eigenvalue weighted by molar-refractivity contribution is 0.282. The zero-order valence-corrected chi connectivity index (χ0v) is 9.58. The van der Waals surface area contributed by atoms with Crippen LogP contribution in [-0.2, 0) is 6.42 Å². The highest BCUT2D eigenvalue weighted by Crippen LogP contribution is 2.32. The molecule has 2 rings (SSSR count). The fourth-order valence-corrected chi connectivity index (χ4v) is 2.36. The van der Waals surface area contributed by atoms with Crippen molar-refractivity contribution in [2.75, 3.05) is 18.9 Å². The molecule has 1 aliphatic rings. The molecule has 0 saturated carbocycles. The first-order valence-corrected chi connectivity index (χ1v) is 6.04. The van der Waals surface area contributed by atoms with Crippen molar-refractivity contribution >= 4 is 5.69 Å². The van der Waals surface area contributed by atoms with Gasteiger partial charge in [0.1, 0.15) is 0 Å². The number of nitrogen functional groups attached to an aromatic ring is 1. The van der Waals surface area contributed by atoms with Gasteiger partial charge in [-0.05, 0) is 55.5 Å². The van der Waals surface area contributed by atoms with Crippen LogP contribution >= 0.6 is 0 Å². The summed E-state index contributed by atoms with van der Waals surface area (Å²) < 4.78 is 0. The van der Waals surface area contributed by atoms with Gasteiger partial charge in [0.05, 0.1) is 0 Å². The van der Waals surface area contributed by atoms with E-state index in [4.69, 9.17) is 10.8 Å². The molecule has 0 aliphatic heterocycles. The second-order valence-corrected chi connectivity index (χ2v) is 4.43. The summed E-state index contributed by atoms with van der Waals surface area (Å²) in [4.78, 5) is 0. The fraction of sp³-hybridized carbons (Fsp3) is 0.538. The summed E-state index contributed by atoms with van der Waals surface area (Å²) in [6.45, 7) is 1.27. The molecule has 0 aromatic heterocycles. The molecule has 0 saturated heterocycles. The summed E-state index contributed by atoms with van der Waals surface area (Å²) in [5, 5.41) is 12.2. The lowest BCUT2D eigenvalue weighted by atomic mass is 10.1. The number of hydrogen-bond donors (Lipinski definition) is 3. The molecule has 0 fully saturated rings. The third-order valence-corrected chi connectivity index (χ3v) is 3.22. The zero-order valence-electron chi connectivity index (χ0n) is 9.58. The Labute approximate surface area is 96.7 Å². The second kappa shape index (κ2) is 5.32. The van der Waals surface area contributed by atoms with E-state index in [2.05, 4.69) is 17.4 Å². The van der Waals surface area contributed by atoms with Gasteiger partial charge in [0.25, 0.3) is 0 Å². The first-order valence-electron chi connectivity index (χ1n) is 6.04. The van der Waals surface area contributed by atoms with Gasteiger partial charge in [-0.2, -0.15) is 0 Å². The average Bonchev–Trinajstić information content (AvgIpc) is 2.67. The minimum Gasteiger partial charge on any atom is -0.399 e. The molecule has 0 bridgehead atoms. The molecule has 16 heavy (non-hydrogen) atoms. The highest BCUT2D eigenvalue weighted by molar-refractivity contribution is 5.47. The van der Waals surface area contributed by atoms with Crippen molar-refractivity contribution in [2.24, 2.45) is 0 Å². The number of unbranched alkanes of at least 4 members (excludes halogenated alkanes) is 1. The Balaban J connectivity index is 1.91. The first kappa shape index (κ1) is 11.4. The molecular weight excluding hydrogens is 200 g/mol. The zero-order chi connectivity index (χ0) is 11.4. The van der Waals surface area contributed by atoms with Gasteiger partial charge in [0, 0.05) is 18.3 Å². The lowest BCUT2D eigenvalue weighted by Gasteiger charge is -2.13. The molecule has 0 amide bonds. The molecule has 88 valence electrons. The van der Waals surface area contributed by atoms with Crippen LogP contribution in [0.25, 0.3) is 0 Å². The van der Waals surface area contributed by atoms with E-state index in [1.807, 2.05) is 6.07 Å². The number of aliphatic hydroxyl groups is 1. The maximum absolute atomic E-state index is 8.70. The predicted molar refractivity (Wildman–Crippen MR) is 66.2 cm³/mol. The number of aliphatic hydroxyl groups excluding tert-OH is 1. The minimum atomic E-state index is 0.291. The number of anilines is 1. The van der Waals surface area contributed by atoms with Gasteiger partial charge in [0.15, 0.2) is 0 Å². The third kappa shape index (κ3) is 2.54. The molecule has 0 heterocycles. The van der Waals surface area contributed by atoms with Crippen molar-refractivity contribution in [1.29, 1.82) is 0 Å². The maximum Gasteiger partial charge on any atom is 0.0431 e. The molecule has 4 N–H and O–H groups in total. The molecule has 1 aromatic carbocycles. The number of nitrogens with two attached hydrogens (primary N) is 1. The van der Waals surface area contributed by atoms with E-state index >= 15 is 0 Å². The summed E-state index contributed by atoms with van der Waals surface area (Å²) in [7, 11) is 0. The number of rotatable bonds is 5. The van der Waals surface area contributed by atoms with E-state index in [9.17, 15) is 0 Å². The van der Waals surface area contributed by atoms with Crippen LogP contribution in [0.3, 0.4) is 0 Å². The number of nitrogens with one attached hydrogen (secondary N) is 1. The van der Waals surface area contributed by atoms with Crippen molar-refractivity contribution in [3.05, 3.63) is 29.3 Å². The summed E-state index contributed by atoms with van der Waals surface area (Å²) >= 11 is 0. The van der Waals surface area contributed by atoms with Crippen LogP contribution in [0.4, 0.5) is 5.69 Å². The highest BCUT2D eigenvalue weighted by atomic mass is 16.2. The molecule has 1 aliphatic carbocycles. The number of benzene rings is 1. The molecule has 0 radical (unpaired) electrons. The van der Waals surface area contributed by atoms with Gasteiger partial charge < -0.3 is 16.2 Å². The van der Waals surface area contributed by atoms with Crippen LogP contribution in [0, 0.1) is 0 Å². The van der Waals surface area contributed by atoms with E-state index in [1.54, 1.807) is 0 Å². The monoisotopic (exact) mass is 220 g/mol. The molecule has 1 aromatic rings. The van der Waals surface area contributed by atoms with Crippen LogP contribution in [-0.4, -0.2) is 18.3 Å². The van der Waals surface area contributed by atoms with Crippen LogP contribution in [0.1, 0.15) is 36.4 Å². The van der Waals surface area contributed by atoms with Gasteiger partial charge in [-0.1, -0.05) is 6.07 Å². The van der Waals surface area contributed by atoms with Gasteiger partial charge in [-0.25, -0.2) is 0 Å². The minimum absolute atomic E-state index is 0.291. The van der Waals surface area contributed by atoms with Gasteiger partial charge in [-0.15, -0.1) is 0 Å². The lowest BCUT2D eigenvalue weighted by Crippen LogP contribution is -2.20. The summed E-state index contributed by atoms with van der Waals surface area (Å²) in [5.74, 6) is 0. The number of hydrogen-bond acceptors (Lipinski definition) is 3. The Morgan fingerprint density at radius 2 is 2.25 bits per heavy atom. The highest BCUT2D eigenvalue weighted by Gasteiger charge is 2.21. The fourth-order valence-electron chi connectivity index (χ4n) is 2.36. The normalized spacial score (nSPS) is 18.7. The van der Waals surface area contributed by atoms with E-state index in [0.717, 1.165) is 37.9 Å². The topological polar surface area (TPSA) is 58.3 Å². The van der Waals surface area contributed by atoms with Crippen molar-refractivity contribution in [3.8, 4) is 0 Å². The van der Waals surface area contributed by atoms with Crippen LogP contribution in [0.2, 0.25) is 0 Å². The van der Waals surface area contributed by atoms with Crippen LogP contribution < -0.4 is 11.1 Å². The van der Waals surface area contributed by atoms with Crippen molar-refractivity contribution in [2.45, 2.75) is 31.7 Å². The molecule has 1 unspecified atom stereocenters. The van der Waals surface area contributed by atoms with Crippen molar-refractivity contribution < 1.29 is 5.11 Å². The van der Waals surface area contributed by atoms with E-state index in [-0.39, 0.29) is 0 Å². The Hall–Kier alpha value is -1.06. The Bertz CT molecular complexity index is 352. The Morgan fingerprint density at radius 3 is 3.06 bits per heavy atom. The summed E-state index contributed by atoms with van der Waals surface area (Å²) in [6, 6.07) is 6.69. The largest absolute Gasteiger partial charge is 0.399 e. The predicted octanol–water partition coefficient (Wildman–Crippen LogP) is 1.62. The number of fused-ring (bicyclic) bond motifs is 1. The average molecular weight is 220 g/mol. The smallest absolute Gasteiger partial charge is 0.0431 e. The first-order chi connectivity index (χ1) is 7.81. The molecule has 3 nitrogen and oxygen atoms in total. The molecule has 3 heteroatoms. The number of aryl methyl sites for hydroxylation is 1. The molecular formula is C13H20N2O. The van der Waals surface area contributed by atoms with Crippen LogP contribution in [0.5, 0.6) is 0 Å². The van der Waals surface area contributed by atoms with Crippen molar-refractivity contribution in [3.63, 3.8) is 0 Å². The molecule has 0 spiro atoms. The van der Waals surface area contributed by atoms with Gasteiger partial charge in [-0.3, -0.25) is 0 Å². The SMILES string of the molecule is Nc1ccc2c(c1)CCC2NCCCCO. The quantitative estimate of drug-likeness (QED) is 0.522. The van der Waals surface area contributed by atoms with Crippen LogP contribution in [0.15, 0.2) is 18.2 Å². The summed E-state index contributed by atoms with van der Waals surface area (Å²) in [6.07, 6.45) is 4.21. The molecule has 1 atom stereocenters. The Morgan fingerprint density at radius 1 is 1.38 bits per heavy atom. The van der Waals surface area contributed by atoms with E-state index < -0.39 is 0 Å². The third-order valence-electron chi connectivity index (χ3n) is 3.22. The second-order valence-electron chi connectivity index (χ2n) is 4.43. The standard InChI is InChI=1S/C13H20N2O/c14-11-4-5-12-10(9-11)3-6-13(12)15-7-1-2-8-16/h4-5,9,13,15-16H,1-3,6-8,14H2. The Kier molecular flexibility index (Phi) is 3.80. The van der Waals surface area contributed by atoms with E-state index in [1.165, 1.54) is 11.1 Å². The van der Waals surface area contributed by atoms with Crippen molar-refractivity contribution in [1.82, 2.24) is 5.32 Å². The van der Waals surface area contributed by atoms with Gasteiger partial charge in [0.2, 0.25) is 0 Å². The summed E-state index contributed by atoms with van der Waals surface area (Å²) in [5.41, 5.74) is 9.42.